The lowest BCUT2D eigenvalue weighted by molar-refractivity contribution is 0.102. The van der Waals surface area contributed by atoms with E-state index < -0.39 is 21.7 Å². The van der Waals surface area contributed by atoms with Gasteiger partial charge in [0.25, 0.3) is 11.5 Å². The van der Waals surface area contributed by atoms with Crippen molar-refractivity contribution in [3.63, 3.8) is 0 Å². The molecule has 3 heterocycles. The second kappa shape index (κ2) is 8.65. The molecule has 2 bridgehead atoms. The lowest BCUT2D eigenvalue weighted by Crippen LogP contribution is -2.48. The van der Waals surface area contributed by atoms with Crippen LogP contribution in [0.5, 0.6) is 0 Å². The quantitative estimate of drug-likeness (QED) is 0.590. The molecule has 1 amide bonds. The normalized spacial score (nSPS) is 19.9. The minimum absolute atomic E-state index is 0.0174. The molecular weight excluding hydrogens is 481 g/mol. The molecule has 1 N–H and O–H groups in total. The molecule has 1 fully saturated rings. The van der Waals surface area contributed by atoms with E-state index in [0.29, 0.717) is 25.3 Å². The number of carbonyl (C=O) groups excluding carboxylic acids is 1. The van der Waals surface area contributed by atoms with E-state index in [0.717, 1.165) is 18.2 Å². The predicted octanol–water partition coefficient (Wildman–Crippen LogP) is 3.70. The van der Waals surface area contributed by atoms with E-state index in [9.17, 15) is 22.4 Å². The lowest BCUT2D eigenvalue weighted by atomic mass is 9.84. The molecule has 7 nitrogen and oxygen atoms in total. The van der Waals surface area contributed by atoms with Crippen molar-refractivity contribution in [2.45, 2.75) is 23.8 Å². The van der Waals surface area contributed by atoms with Crippen molar-refractivity contribution in [2.75, 3.05) is 18.4 Å². The van der Waals surface area contributed by atoms with E-state index in [1.807, 2.05) is 6.07 Å². The Kier molecular flexibility index (Phi) is 5.79. The molecule has 0 saturated carbocycles. The van der Waals surface area contributed by atoms with E-state index in [4.69, 9.17) is 11.6 Å². The van der Waals surface area contributed by atoms with Gasteiger partial charge in [0.1, 0.15) is 5.82 Å². The number of piperidine rings is 1. The average Bonchev–Trinajstić information content (AvgIpc) is 2.80. The third-order valence-electron chi connectivity index (χ3n) is 6.39. The predicted molar refractivity (Wildman–Crippen MR) is 126 cm³/mol. The number of pyridine rings is 1. The van der Waals surface area contributed by atoms with Crippen molar-refractivity contribution in [1.82, 2.24) is 8.87 Å². The van der Waals surface area contributed by atoms with Gasteiger partial charge in [-0.2, -0.15) is 4.31 Å². The van der Waals surface area contributed by atoms with Crippen molar-refractivity contribution in [3.05, 3.63) is 93.1 Å². The minimum Gasteiger partial charge on any atom is -0.322 e. The molecular formula is C24H21ClFN3O4S. The van der Waals surface area contributed by atoms with Crippen LogP contribution in [0, 0.1) is 11.7 Å². The second-order valence-corrected chi connectivity index (χ2v) is 10.9. The number of anilines is 1. The average molecular weight is 502 g/mol. The van der Waals surface area contributed by atoms with Gasteiger partial charge in [-0.3, -0.25) is 9.59 Å². The van der Waals surface area contributed by atoms with Crippen LogP contribution in [0.15, 0.2) is 70.4 Å². The molecule has 2 aromatic carbocycles. The van der Waals surface area contributed by atoms with Crippen LogP contribution in [0.4, 0.5) is 10.1 Å². The molecule has 5 rings (SSSR count). The summed E-state index contributed by atoms with van der Waals surface area (Å²) in [5.74, 6) is -1.45. The van der Waals surface area contributed by atoms with E-state index in [2.05, 4.69) is 5.32 Å². The van der Waals surface area contributed by atoms with Crippen molar-refractivity contribution in [3.8, 4) is 0 Å². The molecule has 0 aliphatic carbocycles. The molecule has 3 aromatic rings. The van der Waals surface area contributed by atoms with Gasteiger partial charge in [-0.05, 0) is 54.8 Å². The number of carbonyl (C=O) groups is 1. The van der Waals surface area contributed by atoms with Crippen molar-refractivity contribution >= 4 is 33.2 Å². The van der Waals surface area contributed by atoms with Crippen LogP contribution in [-0.4, -0.2) is 36.3 Å². The Morgan fingerprint density at radius 3 is 2.47 bits per heavy atom. The van der Waals surface area contributed by atoms with Crippen molar-refractivity contribution in [1.29, 1.82) is 0 Å². The SMILES string of the molecule is O=C(Nc1ccc(S(=O)(=O)N2CC3CC(C2)c2cccc(=O)n2C3)cc1)c1c(F)cccc1Cl. The number of sulfonamides is 1. The molecule has 1 saturated heterocycles. The molecule has 2 aliphatic rings. The fourth-order valence-electron chi connectivity index (χ4n) is 4.82. The maximum atomic E-state index is 14.0. The largest absolute Gasteiger partial charge is 0.322 e. The summed E-state index contributed by atoms with van der Waals surface area (Å²) in [5.41, 5.74) is 0.846. The highest BCUT2D eigenvalue weighted by Gasteiger charge is 2.39. The minimum atomic E-state index is -3.78. The Labute approximate surface area is 200 Å². The van der Waals surface area contributed by atoms with Gasteiger partial charge in [0, 0.05) is 43.0 Å². The number of benzene rings is 2. The molecule has 0 spiro atoms. The molecule has 2 aliphatic heterocycles. The van der Waals surface area contributed by atoms with Gasteiger partial charge in [0.2, 0.25) is 10.0 Å². The maximum Gasteiger partial charge on any atom is 0.260 e. The molecule has 2 atom stereocenters. The van der Waals surface area contributed by atoms with Crippen LogP contribution < -0.4 is 10.9 Å². The van der Waals surface area contributed by atoms with Gasteiger partial charge < -0.3 is 9.88 Å². The standard InChI is InChI=1S/C24H21ClFN3O4S/c25-19-3-1-4-20(26)23(19)24(31)27-17-7-9-18(10-8-17)34(32,33)28-12-15-11-16(14-28)21-5-2-6-22(30)29(21)13-15/h1-10,15-16H,11-14H2,(H,27,31). The Balaban J connectivity index is 1.34. The topological polar surface area (TPSA) is 88.5 Å². The molecule has 2 unspecified atom stereocenters. The first kappa shape index (κ1) is 22.8. The molecule has 1 aromatic heterocycles. The number of nitrogens with zero attached hydrogens (tertiary/aromatic N) is 2. The van der Waals surface area contributed by atoms with Gasteiger partial charge in [-0.25, -0.2) is 12.8 Å². The van der Waals surface area contributed by atoms with E-state index in [1.165, 1.54) is 46.8 Å². The first-order chi connectivity index (χ1) is 16.2. The third-order valence-corrected chi connectivity index (χ3v) is 8.55. The summed E-state index contributed by atoms with van der Waals surface area (Å²) in [6, 6.07) is 14.8. The van der Waals surface area contributed by atoms with Gasteiger partial charge >= 0.3 is 0 Å². The van der Waals surface area contributed by atoms with E-state index in [-0.39, 0.29) is 32.9 Å². The first-order valence-corrected chi connectivity index (χ1v) is 12.6. The number of amides is 1. The van der Waals surface area contributed by atoms with Gasteiger partial charge in [0.05, 0.1) is 15.5 Å². The maximum absolute atomic E-state index is 14.0. The third kappa shape index (κ3) is 4.04. The Morgan fingerprint density at radius 2 is 1.74 bits per heavy atom. The molecule has 10 heteroatoms. The molecule has 0 radical (unpaired) electrons. The zero-order valence-corrected chi connectivity index (χ0v) is 19.5. The number of halogens is 2. The Bertz CT molecular complexity index is 1420. The van der Waals surface area contributed by atoms with Crippen molar-refractivity contribution < 1.29 is 17.6 Å². The van der Waals surface area contributed by atoms with Crippen LogP contribution in [0.25, 0.3) is 0 Å². The number of aromatic nitrogens is 1. The zero-order chi connectivity index (χ0) is 24.0. The van der Waals surface area contributed by atoms with Crippen LogP contribution >= 0.6 is 11.6 Å². The summed E-state index contributed by atoms with van der Waals surface area (Å²) in [4.78, 5) is 24.7. The van der Waals surface area contributed by atoms with Crippen molar-refractivity contribution in [2.24, 2.45) is 5.92 Å². The Morgan fingerprint density at radius 1 is 1.00 bits per heavy atom. The number of nitrogens with one attached hydrogen (secondary N) is 1. The highest BCUT2D eigenvalue weighted by Crippen LogP contribution is 2.37. The summed E-state index contributed by atoms with van der Waals surface area (Å²) in [7, 11) is -3.78. The highest BCUT2D eigenvalue weighted by atomic mass is 35.5. The van der Waals surface area contributed by atoms with Crippen LogP contribution in [-0.2, 0) is 16.6 Å². The fraction of sp³-hybridized carbons (Fsp3) is 0.250. The van der Waals surface area contributed by atoms with Crippen LogP contribution in [0.2, 0.25) is 5.02 Å². The fourth-order valence-corrected chi connectivity index (χ4v) is 6.63. The highest BCUT2D eigenvalue weighted by molar-refractivity contribution is 7.89. The number of rotatable bonds is 4. The van der Waals surface area contributed by atoms with Gasteiger partial charge in [-0.15, -0.1) is 0 Å². The van der Waals surface area contributed by atoms with E-state index >= 15 is 0 Å². The van der Waals surface area contributed by atoms with Crippen LogP contribution in [0.3, 0.4) is 0 Å². The number of fused-ring (bicyclic) bond motifs is 4. The summed E-state index contributed by atoms with van der Waals surface area (Å²) in [6.07, 6.45) is 0.846. The van der Waals surface area contributed by atoms with Crippen LogP contribution in [0.1, 0.15) is 28.4 Å². The molecule has 34 heavy (non-hydrogen) atoms. The van der Waals surface area contributed by atoms with E-state index in [1.54, 1.807) is 10.6 Å². The summed E-state index contributed by atoms with van der Waals surface area (Å²) >= 11 is 5.94. The smallest absolute Gasteiger partial charge is 0.260 e. The Hall–Kier alpha value is -3.01. The summed E-state index contributed by atoms with van der Waals surface area (Å²) in [5, 5.41) is 2.53. The summed E-state index contributed by atoms with van der Waals surface area (Å²) < 4.78 is 43.9. The lowest BCUT2D eigenvalue weighted by Gasteiger charge is -2.42. The monoisotopic (exact) mass is 501 g/mol. The number of hydrogen-bond acceptors (Lipinski definition) is 4. The van der Waals surface area contributed by atoms with Gasteiger partial charge in [-0.1, -0.05) is 23.7 Å². The van der Waals surface area contributed by atoms with Gasteiger partial charge in [0.15, 0.2) is 0 Å². The molecule has 176 valence electrons. The second-order valence-electron chi connectivity index (χ2n) is 8.60. The zero-order valence-electron chi connectivity index (χ0n) is 17.9. The first-order valence-electron chi connectivity index (χ1n) is 10.8. The summed E-state index contributed by atoms with van der Waals surface area (Å²) in [6.45, 7) is 1.14. The number of hydrogen-bond donors (Lipinski definition) is 1.